The minimum atomic E-state index is -1.41. The average molecular weight is 356 g/mol. The number of carboxylic acid groups (broad SMARTS) is 1. The second kappa shape index (κ2) is 6.96. The van der Waals surface area contributed by atoms with Crippen LogP contribution in [-0.4, -0.2) is 33.7 Å². The summed E-state index contributed by atoms with van der Waals surface area (Å²) in [6.07, 6.45) is 1.80. The number of aliphatic carboxylic acids is 1. The molecule has 0 unspecified atom stereocenters. The van der Waals surface area contributed by atoms with E-state index >= 15 is 0 Å². The summed E-state index contributed by atoms with van der Waals surface area (Å²) in [7, 11) is 0. The highest BCUT2D eigenvalue weighted by molar-refractivity contribution is 6.05. The van der Waals surface area contributed by atoms with Gasteiger partial charge in [-0.05, 0) is 61.4 Å². The van der Waals surface area contributed by atoms with Gasteiger partial charge in [-0.25, -0.2) is 4.79 Å². The normalized spacial score (nSPS) is 22.5. The zero-order valence-electron chi connectivity index (χ0n) is 14.7. The number of hydrogen-bond donors (Lipinski definition) is 4. The van der Waals surface area contributed by atoms with Crippen molar-refractivity contribution in [1.82, 2.24) is 5.32 Å². The summed E-state index contributed by atoms with van der Waals surface area (Å²) in [5.74, 6) is -1.81. The molecule has 0 aromatic heterocycles. The Bertz CT molecular complexity index is 843. The maximum atomic E-state index is 12.8. The van der Waals surface area contributed by atoms with Gasteiger partial charge in [0.1, 0.15) is 5.54 Å². The Morgan fingerprint density at radius 2 is 1.69 bits per heavy atom. The molecule has 6 nitrogen and oxygen atoms in total. The van der Waals surface area contributed by atoms with Gasteiger partial charge >= 0.3 is 5.97 Å². The number of carboxylic acids is 1. The summed E-state index contributed by atoms with van der Waals surface area (Å²) in [5, 5.41) is 23.9. The van der Waals surface area contributed by atoms with Gasteiger partial charge in [-0.3, -0.25) is 4.79 Å². The molecule has 138 valence electrons. The number of hydrogen-bond acceptors (Lipinski definition) is 4. The predicted molar refractivity (Wildman–Crippen MR) is 99.8 cm³/mol. The molecule has 0 bridgehead atoms. The van der Waals surface area contributed by atoms with Gasteiger partial charge in [-0.1, -0.05) is 24.3 Å². The van der Waals surface area contributed by atoms with Crippen LogP contribution >= 0.6 is 0 Å². The third-order valence-corrected chi connectivity index (χ3v) is 5.49. The fourth-order valence-corrected chi connectivity index (χ4v) is 3.74. The van der Waals surface area contributed by atoms with E-state index in [2.05, 4.69) is 5.32 Å². The van der Waals surface area contributed by atoms with Gasteiger partial charge < -0.3 is 21.3 Å². The number of benzene rings is 2. The van der Waals surface area contributed by atoms with E-state index in [1.165, 1.54) is 6.92 Å². The highest BCUT2D eigenvalue weighted by Crippen LogP contribution is 2.34. The van der Waals surface area contributed by atoms with Crippen LogP contribution in [0.25, 0.3) is 10.8 Å². The first-order chi connectivity index (χ1) is 12.3. The Morgan fingerprint density at radius 3 is 2.27 bits per heavy atom. The molecule has 2 aromatic rings. The first kappa shape index (κ1) is 18.2. The van der Waals surface area contributed by atoms with Crippen molar-refractivity contribution in [1.29, 1.82) is 0 Å². The second-order valence-electron chi connectivity index (χ2n) is 7.25. The minimum Gasteiger partial charge on any atom is -0.480 e. The van der Waals surface area contributed by atoms with Crippen LogP contribution in [0.4, 0.5) is 5.69 Å². The van der Waals surface area contributed by atoms with Crippen molar-refractivity contribution in [3.05, 3.63) is 42.0 Å². The number of carbonyl (C=O) groups is 2. The second-order valence-corrected chi connectivity index (χ2v) is 7.25. The maximum Gasteiger partial charge on any atom is 0.329 e. The van der Waals surface area contributed by atoms with E-state index in [1.54, 1.807) is 12.1 Å². The Hall–Kier alpha value is -2.60. The molecule has 0 saturated heterocycles. The highest BCUT2D eigenvalue weighted by atomic mass is 16.4. The monoisotopic (exact) mass is 356 g/mol. The lowest BCUT2D eigenvalue weighted by Crippen LogP contribution is -2.58. The van der Waals surface area contributed by atoms with Crippen LogP contribution < -0.4 is 11.1 Å². The fraction of sp³-hybridized carbons (Fsp3) is 0.400. The lowest BCUT2D eigenvalue weighted by atomic mass is 9.74. The van der Waals surface area contributed by atoms with Crippen LogP contribution in [0, 0.1) is 5.92 Å². The van der Waals surface area contributed by atoms with Crippen LogP contribution in [0.2, 0.25) is 0 Å². The zero-order valence-corrected chi connectivity index (χ0v) is 14.7. The van der Waals surface area contributed by atoms with Crippen molar-refractivity contribution in [2.45, 2.75) is 44.2 Å². The molecule has 6 heteroatoms. The summed E-state index contributed by atoms with van der Waals surface area (Å²) in [6, 6.07) is 11.0. The van der Waals surface area contributed by atoms with Crippen LogP contribution in [0.1, 0.15) is 43.0 Å². The van der Waals surface area contributed by atoms with E-state index in [0.29, 0.717) is 31.4 Å². The van der Waals surface area contributed by atoms with Crippen molar-refractivity contribution in [2.75, 3.05) is 5.73 Å². The quantitative estimate of drug-likeness (QED) is 0.629. The maximum absolute atomic E-state index is 12.8. The van der Waals surface area contributed by atoms with Crippen molar-refractivity contribution >= 4 is 28.3 Å². The molecular formula is C20H24N2O4. The molecule has 3 rings (SSSR count). The van der Waals surface area contributed by atoms with E-state index in [9.17, 15) is 19.8 Å². The van der Waals surface area contributed by atoms with Gasteiger partial charge in [0.05, 0.1) is 11.7 Å². The van der Waals surface area contributed by atoms with Crippen LogP contribution in [0.15, 0.2) is 36.4 Å². The largest absolute Gasteiger partial charge is 0.480 e. The third kappa shape index (κ3) is 3.37. The van der Waals surface area contributed by atoms with Gasteiger partial charge in [0.15, 0.2) is 0 Å². The molecule has 1 atom stereocenters. The molecule has 1 aliphatic carbocycles. The van der Waals surface area contributed by atoms with Gasteiger partial charge in [-0.2, -0.15) is 0 Å². The van der Waals surface area contributed by atoms with Gasteiger partial charge in [0.25, 0.3) is 5.91 Å². The van der Waals surface area contributed by atoms with Crippen molar-refractivity contribution < 1.29 is 19.8 Å². The van der Waals surface area contributed by atoms with E-state index < -0.39 is 23.5 Å². The molecule has 0 radical (unpaired) electrons. The average Bonchev–Trinajstić information content (AvgIpc) is 2.61. The number of aliphatic hydroxyl groups is 1. The molecular weight excluding hydrogens is 332 g/mol. The molecule has 5 N–H and O–H groups in total. The molecule has 2 aromatic carbocycles. The number of anilines is 1. The van der Waals surface area contributed by atoms with Gasteiger partial charge in [0, 0.05) is 5.69 Å². The Morgan fingerprint density at radius 1 is 1.12 bits per heavy atom. The van der Waals surface area contributed by atoms with Gasteiger partial charge in [-0.15, -0.1) is 0 Å². The zero-order chi connectivity index (χ0) is 18.9. The molecule has 1 amide bonds. The van der Waals surface area contributed by atoms with Crippen LogP contribution in [0.5, 0.6) is 0 Å². The number of amides is 1. The Balaban J connectivity index is 1.89. The fourth-order valence-electron chi connectivity index (χ4n) is 3.74. The van der Waals surface area contributed by atoms with Gasteiger partial charge in [0.2, 0.25) is 0 Å². The summed E-state index contributed by atoms with van der Waals surface area (Å²) < 4.78 is 0. The molecule has 1 aliphatic rings. The number of aliphatic hydroxyl groups excluding tert-OH is 1. The van der Waals surface area contributed by atoms with Crippen LogP contribution in [0.3, 0.4) is 0 Å². The first-order valence-electron chi connectivity index (χ1n) is 8.83. The number of nitrogen functional groups attached to an aromatic ring is 1. The first-order valence-corrected chi connectivity index (χ1v) is 8.83. The number of fused-ring (bicyclic) bond motifs is 1. The summed E-state index contributed by atoms with van der Waals surface area (Å²) in [5.41, 5.74) is 5.21. The van der Waals surface area contributed by atoms with E-state index in [1.807, 2.05) is 24.3 Å². The van der Waals surface area contributed by atoms with Crippen molar-refractivity contribution in [3.8, 4) is 0 Å². The smallest absolute Gasteiger partial charge is 0.329 e. The number of nitrogens with one attached hydrogen (secondary N) is 1. The van der Waals surface area contributed by atoms with E-state index in [0.717, 1.165) is 10.8 Å². The third-order valence-electron chi connectivity index (χ3n) is 5.49. The van der Waals surface area contributed by atoms with Crippen LogP contribution in [-0.2, 0) is 4.79 Å². The Kier molecular flexibility index (Phi) is 4.87. The SMILES string of the molecule is C[C@@](NC(=O)c1cc2ccccc2cc1N)(C(=O)O)C1CCC(O)CC1. The topological polar surface area (TPSA) is 113 Å². The highest BCUT2D eigenvalue weighted by Gasteiger charge is 2.44. The summed E-state index contributed by atoms with van der Waals surface area (Å²) in [4.78, 5) is 24.8. The van der Waals surface area contributed by atoms with Crippen molar-refractivity contribution in [3.63, 3.8) is 0 Å². The molecule has 1 fully saturated rings. The number of nitrogens with two attached hydrogens (primary N) is 1. The molecule has 0 aliphatic heterocycles. The predicted octanol–water partition coefficient (Wildman–Crippen LogP) is 2.55. The standard InChI is InChI=1S/C20H24N2O4/c1-20(19(25)26,14-6-8-15(23)9-7-14)22-18(24)16-10-12-4-2-3-5-13(12)11-17(16)21/h2-5,10-11,14-15,23H,6-9,21H2,1H3,(H,22,24)(H,25,26)/t14?,15?,20-/m0/s1. The minimum absolute atomic E-state index is 0.242. The summed E-state index contributed by atoms with van der Waals surface area (Å²) >= 11 is 0. The lowest BCUT2D eigenvalue weighted by Gasteiger charge is -2.38. The molecule has 26 heavy (non-hydrogen) atoms. The van der Waals surface area contributed by atoms with E-state index in [-0.39, 0.29) is 11.5 Å². The molecule has 0 spiro atoms. The molecule has 1 saturated carbocycles. The lowest BCUT2D eigenvalue weighted by molar-refractivity contribution is -0.147. The Labute approximate surface area is 152 Å². The molecule has 0 heterocycles. The number of carbonyl (C=O) groups excluding carboxylic acids is 1. The van der Waals surface area contributed by atoms with Crippen molar-refractivity contribution in [2.24, 2.45) is 5.92 Å². The summed E-state index contributed by atoms with van der Waals surface area (Å²) in [6.45, 7) is 1.53. The number of rotatable bonds is 4. The van der Waals surface area contributed by atoms with E-state index in [4.69, 9.17) is 5.73 Å².